The van der Waals surface area contributed by atoms with Crippen molar-refractivity contribution in [3.05, 3.63) is 46.8 Å². The molecule has 1 N–H and O–H groups in total. The van der Waals surface area contributed by atoms with Crippen molar-refractivity contribution in [1.82, 2.24) is 14.9 Å². The minimum absolute atomic E-state index is 0.230. The van der Waals surface area contributed by atoms with Crippen molar-refractivity contribution in [2.45, 2.75) is 19.8 Å². The number of unbranched alkanes of at least 4 members (excludes halogenated alkanes) is 1. The first-order valence-corrected chi connectivity index (χ1v) is 10.9. The molecule has 0 atom stereocenters. The average molecular weight is 423 g/mol. The van der Waals surface area contributed by atoms with Crippen molar-refractivity contribution < 1.29 is 9.47 Å². The first kappa shape index (κ1) is 21.2. The molecule has 1 aromatic heterocycles. The van der Waals surface area contributed by atoms with E-state index < -0.39 is 0 Å². The van der Waals surface area contributed by atoms with Crippen molar-refractivity contribution >= 4 is 16.6 Å². The van der Waals surface area contributed by atoms with Crippen molar-refractivity contribution in [1.29, 1.82) is 0 Å². The summed E-state index contributed by atoms with van der Waals surface area (Å²) in [5, 5.41) is 0.421. The molecule has 3 aromatic rings. The van der Waals surface area contributed by atoms with Gasteiger partial charge in [0.05, 0.1) is 19.7 Å². The Morgan fingerprint density at radius 3 is 2.42 bits per heavy atom. The maximum Gasteiger partial charge on any atom is 0.262 e. The van der Waals surface area contributed by atoms with Gasteiger partial charge in [-0.15, -0.1) is 0 Å². The van der Waals surface area contributed by atoms with Gasteiger partial charge in [-0.1, -0.05) is 13.3 Å². The number of H-pyrrole nitrogens is 1. The van der Waals surface area contributed by atoms with Gasteiger partial charge >= 0.3 is 0 Å². The molecular formula is C24H30N4O3. The Hall–Kier alpha value is -3.06. The maximum atomic E-state index is 12.7. The van der Waals surface area contributed by atoms with Gasteiger partial charge in [0.25, 0.3) is 5.56 Å². The highest BCUT2D eigenvalue weighted by Crippen LogP contribution is 2.29. The first-order valence-electron chi connectivity index (χ1n) is 10.9. The van der Waals surface area contributed by atoms with E-state index in [0.29, 0.717) is 28.2 Å². The highest BCUT2D eigenvalue weighted by atomic mass is 16.5. The second-order valence-corrected chi connectivity index (χ2v) is 7.87. The van der Waals surface area contributed by atoms with Crippen molar-refractivity contribution in [2.24, 2.45) is 0 Å². The van der Waals surface area contributed by atoms with E-state index in [9.17, 15) is 4.79 Å². The van der Waals surface area contributed by atoms with Crippen LogP contribution in [-0.2, 0) is 0 Å². The molecule has 164 valence electrons. The van der Waals surface area contributed by atoms with Crippen LogP contribution in [-0.4, -0.2) is 61.8 Å². The summed E-state index contributed by atoms with van der Waals surface area (Å²) in [6, 6.07) is 11.7. The van der Waals surface area contributed by atoms with Gasteiger partial charge in [-0.25, -0.2) is 4.98 Å². The molecular weight excluding hydrogens is 392 g/mol. The number of nitrogens with one attached hydrogen (secondary N) is 1. The molecule has 0 bridgehead atoms. The van der Waals surface area contributed by atoms with Gasteiger partial charge in [0.15, 0.2) is 0 Å². The standard InChI is InChI=1S/C24H30N4O3/c1-4-5-10-27-11-13-28(14-12-27)18-8-6-17(7-9-18)23-25-20-15-19(30-2)16-21(31-3)22(20)24(29)26-23/h6-9,15-16H,4-5,10-14H2,1-3H3,(H,25,26,29). The molecule has 2 heterocycles. The summed E-state index contributed by atoms with van der Waals surface area (Å²) in [7, 11) is 3.11. The van der Waals surface area contributed by atoms with Crippen molar-refractivity contribution in [3.63, 3.8) is 0 Å². The predicted octanol–water partition coefficient (Wildman–Crippen LogP) is 3.53. The van der Waals surface area contributed by atoms with E-state index in [1.165, 1.54) is 32.2 Å². The summed E-state index contributed by atoms with van der Waals surface area (Å²) < 4.78 is 10.7. The molecule has 0 amide bonds. The third-order valence-corrected chi connectivity index (χ3v) is 5.91. The number of nitrogens with zero attached hydrogens (tertiary/aromatic N) is 3. The Kier molecular flexibility index (Phi) is 6.42. The summed E-state index contributed by atoms with van der Waals surface area (Å²) in [6.07, 6.45) is 2.51. The third kappa shape index (κ3) is 4.51. The summed E-state index contributed by atoms with van der Waals surface area (Å²) in [4.78, 5) is 25.3. The number of ether oxygens (including phenoxy) is 2. The number of piperazine rings is 1. The molecule has 1 aliphatic rings. The van der Waals surface area contributed by atoms with Gasteiger partial charge in [0.2, 0.25) is 0 Å². The second kappa shape index (κ2) is 9.39. The SMILES string of the molecule is CCCCN1CCN(c2ccc(-c3nc4cc(OC)cc(OC)c4c(=O)[nH]3)cc2)CC1. The summed E-state index contributed by atoms with van der Waals surface area (Å²) >= 11 is 0. The van der Waals surface area contributed by atoms with Gasteiger partial charge < -0.3 is 19.4 Å². The highest BCUT2D eigenvalue weighted by molar-refractivity contribution is 5.87. The minimum atomic E-state index is -0.230. The molecule has 2 aromatic carbocycles. The van der Waals surface area contributed by atoms with Gasteiger partial charge in [-0.05, 0) is 37.2 Å². The largest absolute Gasteiger partial charge is 0.497 e. The molecule has 1 saturated heterocycles. The number of benzene rings is 2. The summed E-state index contributed by atoms with van der Waals surface area (Å²) in [5.74, 6) is 1.58. The summed E-state index contributed by atoms with van der Waals surface area (Å²) in [5.41, 5.74) is 2.38. The first-order chi connectivity index (χ1) is 15.1. The smallest absolute Gasteiger partial charge is 0.262 e. The number of aromatic nitrogens is 2. The van der Waals surface area contributed by atoms with Crippen LogP contribution in [0.1, 0.15) is 19.8 Å². The maximum absolute atomic E-state index is 12.7. The lowest BCUT2D eigenvalue weighted by atomic mass is 10.1. The third-order valence-electron chi connectivity index (χ3n) is 5.91. The lowest BCUT2D eigenvalue weighted by Crippen LogP contribution is -2.46. The zero-order chi connectivity index (χ0) is 21.8. The number of hydrogen-bond acceptors (Lipinski definition) is 6. The Morgan fingerprint density at radius 2 is 1.77 bits per heavy atom. The van der Waals surface area contributed by atoms with Crippen LogP contribution < -0.4 is 19.9 Å². The zero-order valence-electron chi connectivity index (χ0n) is 18.5. The van der Waals surface area contributed by atoms with Crippen LogP contribution in [0.25, 0.3) is 22.3 Å². The minimum Gasteiger partial charge on any atom is -0.497 e. The average Bonchev–Trinajstić information content (AvgIpc) is 2.82. The van der Waals surface area contributed by atoms with Crippen LogP contribution in [0.3, 0.4) is 0 Å². The zero-order valence-corrected chi connectivity index (χ0v) is 18.5. The van der Waals surface area contributed by atoms with Crippen LogP contribution in [0.4, 0.5) is 5.69 Å². The van der Waals surface area contributed by atoms with Crippen LogP contribution >= 0.6 is 0 Å². The molecule has 0 radical (unpaired) electrons. The number of fused-ring (bicyclic) bond motifs is 1. The number of hydrogen-bond donors (Lipinski definition) is 1. The van der Waals surface area contributed by atoms with Crippen LogP contribution in [0.5, 0.6) is 11.5 Å². The van der Waals surface area contributed by atoms with Gasteiger partial charge in [-0.2, -0.15) is 0 Å². The van der Waals surface area contributed by atoms with E-state index in [2.05, 4.69) is 38.8 Å². The number of methoxy groups -OCH3 is 2. The van der Waals surface area contributed by atoms with E-state index in [4.69, 9.17) is 9.47 Å². The van der Waals surface area contributed by atoms with E-state index in [1.807, 2.05) is 12.1 Å². The van der Waals surface area contributed by atoms with Gasteiger partial charge in [-0.3, -0.25) is 9.69 Å². The molecule has 7 nitrogen and oxygen atoms in total. The molecule has 0 spiro atoms. The highest BCUT2D eigenvalue weighted by Gasteiger charge is 2.17. The summed E-state index contributed by atoms with van der Waals surface area (Å²) in [6.45, 7) is 7.71. The van der Waals surface area contributed by atoms with Crippen LogP contribution in [0.15, 0.2) is 41.2 Å². The quantitative estimate of drug-likeness (QED) is 0.628. The monoisotopic (exact) mass is 422 g/mol. The normalized spacial score (nSPS) is 14.7. The fourth-order valence-electron chi connectivity index (χ4n) is 4.07. The number of aromatic amines is 1. The van der Waals surface area contributed by atoms with E-state index in [-0.39, 0.29) is 5.56 Å². The molecule has 1 aliphatic heterocycles. The van der Waals surface area contributed by atoms with E-state index >= 15 is 0 Å². The fraction of sp³-hybridized carbons (Fsp3) is 0.417. The lowest BCUT2D eigenvalue weighted by molar-refractivity contribution is 0.254. The predicted molar refractivity (Wildman–Crippen MR) is 124 cm³/mol. The number of rotatable bonds is 7. The van der Waals surface area contributed by atoms with Crippen LogP contribution in [0.2, 0.25) is 0 Å². The molecule has 7 heteroatoms. The van der Waals surface area contributed by atoms with Crippen molar-refractivity contribution in [3.8, 4) is 22.9 Å². The van der Waals surface area contributed by atoms with Crippen LogP contribution in [0, 0.1) is 0 Å². The molecule has 0 aliphatic carbocycles. The Labute approximate surface area is 182 Å². The number of anilines is 1. The molecule has 4 rings (SSSR count). The lowest BCUT2D eigenvalue weighted by Gasteiger charge is -2.36. The molecule has 0 saturated carbocycles. The van der Waals surface area contributed by atoms with Gasteiger partial charge in [0, 0.05) is 49.6 Å². The second-order valence-electron chi connectivity index (χ2n) is 7.87. The topological polar surface area (TPSA) is 70.7 Å². The molecule has 1 fully saturated rings. The Morgan fingerprint density at radius 1 is 1.03 bits per heavy atom. The molecule has 31 heavy (non-hydrogen) atoms. The fourth-order valence-corrected chi connectivity index (χ4v) is 4.07. The Bertz CT molecular complexity index is 1090. The van der Waals surface area contributed by atoms with Crippen molar-refractivity contribution in [2.75, 3.05) is 51.8 Å². The van der Waals surface area contributed by atoms with Gasteiger partial charge in [0.1, 0.15) is 22.7 Å². The van der Waals surface area contributed by atoms with E-state index in [0.717, 1.165) is 31.7 Å². The molecule has 0 unspecified atom stereocenters. The van der Waals surface area contributed by atoms with E-state index in [1.54, 1.807) is 19.2 Å². The Balaban J connectivity index is 1.56.